The third-order valence-corrected chi connectivity index (χ3v) is 1.77. The Morgan fingerprint density at radius 2 is 2.36 bits per heavy atom. The number of amides is 1. The summed E-state index contributed by atoms with van der Waals surface area (Å²) in [5.41, 5.74) is 2.58. The Hall–Kier alpha value is -0.610. The van der Waals surface area contributed by atoms with Crippen molar-refractivity contribution in [2.45, 2.75) is 32.4 Å². The maximum absolute atomic E-state index is 10.6. The second kappa shape index (κ2) is 3.69. The molecule has 0 spiro atoms. The SMILES string of the molecule is CC(=O)NN1CCCCC1O. The highest BCUT2D eigenvalue weighted by atomic mass is 16.3. The van der Waals surface area contributed by atoms with Crippen molar-refractivity contribution in [3.63, 3.8) is 0 Å². The van der Waals surface area contributed by atoms with Crippen molar-refractivity contribution >= 4 is 5.91 Å². The van der Waals surface area contributed by atoms with Gasteiger partial charge >= 0.3 is 0 Å². The minimum absolute atomic E-state index is 0.119. The molecule has 0 aromatic carbocycles. The molecule has 0 aromatic heterocycles. The molecule has 4 heteroatoms. The first-order valence-corrected chi connectivity index (χ1v) is 3.92. The van der Waals surface area contributed by atoms with E-state index >= 15 is 0 Å². The lowest BCUT2D eigenvalue weighted by Crippen LogP contribution is -2.50. The molecule has 2 N–H and O–H groups in total. The van der Waals surface area contributed by atoms with Crippen LogP contribution in [-0.2, 0) is 4.79 Å². The third kappa shape index (κ3) is 2.48. The van der Waals surface area contributed by atoms with Crippen LogP contribution in [-0.4, -0.2) is 28.8 Å². The molecule has 0 radical (unpaired) electrons. The number of nitrogens with one attached hydrogen (secondary N) is 1. The summed E-state index contributed by atoms with van der Waals surface area (Å²) in [5.74, 6) is -0.119. The monoisotopic (exact) mass is 158 g/mol. The first-order valence-electron chi connectivity index (χ1n) is 3.92. The van der Waals surface area contributed by atoms with Crippen molar-refractivity contribution in [3.8, 4) is 0 Å². The van der Waals surface area contributed by atoms with Crippen LogP contribution < -0.4 is 5.43 Å². The summed E-state index contributed by atoms with van der Waals surface area (Å²) >= 11 is 0. The van der Waals surface area contributed by atoms with Gasteiger partial charge in [-0.05, 0) is 19.3 Å². The van der Waals surface area contributed by atoms with E-state index in [9.17, 15) is 9.90 Å². The van der Waals surface area contributed by atoms with Crippen molar-refractivity contribution in [2.24, 2.45) is 0 Å². The summed E-state index contributed by atoms with van der Waals surface area (Å²) in [6, 6.07) is 0. The van der Waals surface area contributed by atoms with E-state index in [1.807, 2.05) is 0 Å². The number of rotatable bonds is 1. The molecule has 0 bridgehead atoms. The number of hydrogen-bond acceptors (Lipinski definition) is 3. The van der Waals surface area contributed by atoms with E-state index in [1.54, 1.807) is 5.01 Å². The number of carbonyl (C=O) groups excluding carboxylic acids is 1. The molecule has 4 nitrogen and oxygen atoms in total. The molecular weight excluding hydrogens is 144 g/mol. The van der Waals surface area contributed by atoms with E-state index in [-0.39, 0.29) is 5.91 Å². The van der Waals surface area contributed by atoms with Gasteiger partial charge in [0.15, 0.2) is 0 Å². The van der Waals surface area contributed by atoms with Gasteiger partial charge < -0.3 is 5.11 Å². The van der Waals surface area contributed by atoms with Crippen LogP contribution in [0.25, 0.3) is 0 Å². The summed E-state index contributed by atoms with van der Waals surface area (Å²) in [6.07, 6.45) is 2.34. The largest absolute Gasteiger partial charge is 0.377 e. The molecule has 0 aliphatic carbocycles. The molecule has 0 aromatic rings. The molecule has 1 unspecified atom stereocenters. The van der Waals surface area contributed by atoms with Crippen molar-refractivity contribution in [1.82, 2.24) is 10.4 Å². The minimum atomic E-state index is -0.493. The molecule has 1 saturated heterocycles. The zero-order valence-corrected chi connectivity index (χ0v) is 6.71. The van der Waals surface area contributed by atoms with Crippen molar-refractivity contribution < 1.29 is 9.90 Å². The highest BCUT2D eigenvalue weighted by Gasteiger charge is 2.19. The van der Waals surface area contributed by atoms with Crippen LogP contribution in [0.15, 0.2) is 0 Å². The zero-order valence-electron chi connectivity index (χ0n) is 6.71. The average molecular weight is 158 g/mol. The Morgan fingerprint density at radius 3 is 2.91 bits per heavy atom. The number of hydrazine groups is 1. The average Bonchev–Trinajstić information content (AvgIpc) is 1.93. The van der Waals surface area contributed by atoms with Crippen molar-refractivity contribution in [2.75, 3.05) is 6.54 Å². The molecule has 1 aliphatic rings. The van der Waals surface area contributed by atoms with Gasteiger partial charge in [-0.1, -0.05) is 0 Å². The smallest absolute Gasteiger partial charge is 0.231 e. The molecule has 64 valence electrons. The molecule has 11 heavy (non-hydrogen) atoms. The van der Waals surface area contributed by atoms with Gasteiger partial charge in [0.1, 0.15) is 6.23 Å². The van der Waals surface area contributed by atoms with Crippen LogP contribution in [0.1, 0.15) is 26.2 Å². The predicted octanol–water partition coefficient (Wildman–Crippen LogP) is -0.158. The fraction of sp³-hybridized carbons (Fsp3) is 0.857. The topological polar surface area (TPSA) is 52.6 Å². The van der Waals surface area contributed by atoms with Crippen LogP contribution in [0, 0.1) is 0 Å². The molecule has 1 fully saturated rings. The highest BCUT2D eigenvalue weighted by molar-refractivity contribution is 5.72. The molecular formula is C7H14N2O2. The number of nitrogens with zero attached hydrogens (tertiary/aromatic N) is 1. The van der Waals surface area contributed by atoms with Crippen LogP contribution in [0.3, 0.4) is 0 Å². The number of hydrogen-bond donors (Lipinski definition) is 2. The van der Waals surface area contributed by atoms with Gasteiger partial charge in [-0.3, -0.25) is 10.2 Å². The number of carbonyl (C=O) groups is 1. The minimum Gasteiger partial charge on any atom is -0.377 e. The Labute approximate surface area is 66.2 Å². The number of aliphatic hydroxyl groups excluding tert-OH is 1. The van der Waals surface area contributed by atoms with Gasteiger partial charge in [0, 0.05) is 13.5 Å². The van der Waals surface area contributed by atoms with E-state index in [0.717, 1.165) is 25.8 Å². The van der Waals surface area contributed by atoms with Crippen LogP contribution in [0.2, 0.25) is 0 Å². The second-order valence-electron chi connectivity index (χ2n) is 2.84. The van der Waals surface area contributed by atoms with Gasteiger partial charge in [0.25, 0.3) is 0 Å². The van der Waals surface area contributed by atoms with E-state index in [2.05, 4.69) is 5.43 Å². The van der Waals surface area contributed by atoms with E-state index in [0.29, 0.717) is 0 Å². The number of aliphatic hydroxyl groups is 1. The maximum Gasteiger partial charge on any atom is 0.231 e. The van der Waals surface area contributed by atoms with Gasteiger partial charge in [-0.15, -0.1) is 0 Å². The standard InChI is InChI=1S/C7H14N2O2/c1-6(10)8-9-5-3-2-4-7(9)11/h7,11H,2-5H2,1H3,(H,8,10). The Morgan fingerprint density at radius 1 is 1.64 bits per heavy atom. The molecule has 1 atom stereocenters. The maximum atomic E-state index is 10.6. The molecule has 1 rings (SSSR count). The predicted molar refractivity (Wildman–Crippen MR) is 40.4 cm³/mol. The molecule has 0 saturated carbocycles. The fourth-order valence-corrected chi connectivity index (χ4v) is 1.25. The van der Waals surface area contributed by atoms with E-state index < -0.39 is 6.23 Å². The zero-order chi connectivity index (χ0) is 8.27. The summed E-state index contributed by atoms with van der Waals surface area (Å²) in [6.45, 7) is 2.20. The van der Waals surface area contributed by atoms with E-state index in [4.69, 9.17) is 0 Å². The van der Waals surface area contributed by atoms with E-state index in [1.165, 1.54) is 6.92 Å². The molecule has 1 heterocycles. The molecule has 1 aliphatic heterocycles. The van der Waals surface area contributed by atoms with Crippen LogP contribution >= 0.6 is 0 Å². The Kier molecular flexibility index (Phi) is 2.84. The lowest BCUT2D eigenvalue weighted by atomic mass is 10.1. The summed E-state index contributed by atoms with van der Waals surface area (Å²) in [7, 11) is 0. The summed E-state index contributed by atoms with van der Waals surface area (Å²) < 4.78 is 0. The van der Waals surface area contributed by atoms with Crippen molar-refractivity contribution in [1.29, 1.82) is 0 Å². The number of piperidine rings is 1. The molecule has 1 amide bonds. The second-order valence-corrected chi connectivity index (χ2v) is 2.84. The normalized spacial score (nSPS) is 26.5. The first kappa shape index (κ1) is 8.49. The van der Waals surface area contributed by atoms with Crippen LogP contribution in [0.5, 0.6) is 0 Å². The Bertz CT molecular complexity index is 149. The first-order chi connectivity index (χ1) is 5.20. The lowest BCUT2D eigenvalue weighted by molar-refractivity contribution is -0.132. The van der Waals surface area contributed by atoms with Gasteiger partial charge in [-0.25, -0.2) is 0 Å². The third-order valence-electron chi connectivity index (χ3n) is 1.77. The summed E-state index contributed by atoms with van der Waals surface area (Å²) in [5, 5.41) is 10.9. The van der Waals surface area contributed by atoms with Gasteiger partial charge in [0.05, 0.1) is 0 Å². The summed E-state index contributed by atoms with van der Waals surface area (Å²) in [4.78, 5) is 10.6. The van der Waals surface area contributed by atoms with Crippen molar-refractivity contribution in [3.05, 3.63) is 0 Å². The Balaban J connectivity index is 2.35. The van der Waals surface area contributed by atoms with Gasteiger partial charge in [-0.2, -0.15) is 5.01 Å². The highest BCUT2D eigenvalue weighted by Crippen LogP contribution is 2.11. The van der Waals surface area contributed by atoms with Crippen LogP contribution in [0.4, 0.5) is 0 Å². The fourth-order valence-electron chi connectivity index (χ4n) is 1.25. The lowest BCUT2D eigenvalue weighted by Gasteiger charge is -2.31. The quantitative estimate of drug-likeness (QED) is 0.557. The van der Waals surface area contributed by atoms with Gasteiger partial charge in [0.2, 0.25) is 5.91 Å².